The number of carbonyl (C=O) groups is 1. The van der Waals surface area contributed by atoms with Crippen LogP contribution in [0.2, 0.25) is 0 Å². The van der Waals surface area contributed by atoms with Crippen molar-refractivity contribution in [2.24, 2.45) is 0 Å². The van der Waals surface area contributed by atoms with Crippen molar-refractivity contribution in [2.45, 2.75) is 18.6 Å². The maximum atomic E-state index is 11.9. The van der Waals surface area contributed by atoms with Crippen LogP contribution in [0.3, 0.4) is 0 Å². The molecule has 0 amide bonds. The Bertz CT molecular complexity index is 387. The first-order valence-electron chi connectivity index (χ1n) is 4.99. The largest absolute Gasteiger partial charge is 0.480 e. The van der Waals surface area contributed by atoms with Crippen LogP contribution in [-0.2, 0) is 19.6 Å². The lowest BCUT2D eigenvalue weighted by atomic mass is 10.4. The van der Waals surface area contributed by atoms with Crippen molar-refractivity contribution < 1.29 is 23.1 Å². The number of carboxylic acids is 1. The number of carboxylic acid groups (broad SMARTS) is 1. The van der Waals surface area contributed by atoms with Crippen molar-refractivity contribution in [3.05, 3.63) is 0 Å². The standard InChI is InChI=1S/C9H16N2O5S/c1-3-8(6-10)17(14,15)11(4-5-16-2)7-9(12)13/h8H,3-5,7H2,1-2H3,(H,12,13). The van der Waals surface area contributed by atoms with Gasteiger partial charge in [-0.25, -0.2) is 8.42 Å². The van der Waals surface area contributed by atoms with Crippen LogP contribution in [0, 0.1) is 11.3 Å². The number of rotatable bonds is 8. The van der Waals surface area contributed by atoms with Crippen molar-refractivity contribution >= 4 is 16.0 Å². The summed E-state index contributed by atoms with van der Waals surface area (Å²) in [6.07, 6.45) is 0.113. The lowest BCUT2D eigenvalue weighted by Gasteiger charge is -2.22. The van der Waals surface area contributed by atoms with Gasteiger partial charge in [-0.15, -0.1) is 0 Å². The van der Waals surface area contributed by atoms with E-state index in [1.54, 1.807) is 13.0 Å². The first-order chi connectivity index (χ1) is 7.89. The van der Waals surface area contributed by atoms with Crippen LogP contribution in [0.25, 0.3) is 0 Å². The van der Waals surface area contributed by atoms with Gasteiger partial charge in [0, 0.05) is 13.7 Å². The number of sulfonamides is 1. The minimum atomic E-state index is -3.92. The second kappa shape index (κ2) is 7.21. The third-order valence-corrected chi connectivity index (χ3v) is 4.28. The van der Waals surface area contributed by atoms with Gasteiger partial charge in [0.25, 0.3) is 0 Å². The van der Waals surface area contributed by atoms with E-state index >= 15 is 0 Å². The molecule has 0 aliphatic heterocycles. The fraction of sp³-hybridized carbons (Fsp3) is 0.778. The third kappa shape index (κ3) is 4.68. The Hall–Kier alpha value is -1.17. The lowest BCUT2D eigenvalue weighted by Crippen LogP contribution is -2.42. The molecule has 1 unspecified atom stereocenters. The number of methoxy groups -OCH3 is 1. The Morgan fingerprint density at radius 1 is 1.59 bits per heavy atom. The van der Waals surface area contributed by atoms with Crippen LogP contribution in [0.15, 0.2) is 0 Å². The van der Waals surface area contributed by atoms with E-state index in [0.717, 1.165) is 4.31 Å². The van der Waals surface area contributed by atoms with E-state index < -0.39 is 27.8 Å². The maximum Gasteiger partial charge on any atom is 0.318 e. The molecule has 0 saturated heterocycles. The molecule has 0 fully saturated rings. The minimum Gasteiger partial charge on any atom is -0.480 e. The van der Waals surface area contributed by atoms with Gasteiger partial charge in [-0.1, -0.05) is 6.92 Å². The summed E-state index contributed by atoms with van der Waals surface area (Å²) < 4.78 is 29.3. The molecule has 98 valence electrons. The SMILES string of the molecule is CCC(C#N)S(=O)(=O)N(CCOC)CC(=O)O. The van der Waals surface area contributed by atoms with Crippen molar-refractivity contribution in [3.8, 4) is 6.07 Å². The van der Waals surface area contributed by atoms with Crippen LogP contribution in [0.5, 0.6) is 0 Å². The maximum absolute atomic E-state index is 11.9. The number of hydrogen-bond acceptors (Lipinski definition) is 5. The topological polar surface area (TPSA) is 108 Å². The summed E-state index contributed by atoms with van der Waals surface area (Å²) in [5, 5.41) is 16.2. The molecule has 0 aromatic rings. The molecule has 0 rings (SSSR count). The molecule has 8 heteroatoms. The van der Waals surface area contributed by atoms with Gasteiger partial charge in [0.15, 0.2) is 5.25 Å². The fourth-order valence-corrected chi connectivity index (χ4v) is 2.72. The Morgan fingerprint density at radius 2 is 2.18 bits per heavy atom. The molecule has 0 spiro atoms. The fourth-order valence-electron chi connectivity index (χ4n) is 1.19. The summed E-state index contributed by atoms with van der Waals surface area (Å²) in [5.41, 5.74) is 0. The van der Waals surface area contributed by atoms with Crippen LogP contribution < -0.4 is 0 Å². The molecule has 0 aliphatic rings. The summed E-state index contributed by atoms with van der Waals surface area (Å²) in [5.74, 6) is -1.27. The Kier molecular flexibility index (Phi) is 6.72. The summed E-state index contributed by atoms with van der Waals surface area (Å²) in [7, 11) is -2.54. The van der Waals surface area contributed by atoms with E-state index in [2.05, 4.69) is 0 Å². The Morgan fingerprint density at radius 3 is 2.53 bits per heavy atom. The molecule has 0 radical (unpaired) electrons. The Labute approximate surface area is 101 Å². The van der Waals surface area contributed by atoms with Crippen molar-refractivity contribution in [1.29, 1.82) is 5.26 Å². The van der Waals surface area contributed by atoms with Gasteiger partial charge >= 0.3 is 5.97 Å². The van der Waals surface area contributed by atoms with Gasteiger partial charge in [0.1, 0.15) is 6.54 Å². The molecule has 0 aromatic heterocycles. The van der Waals surface area contributed by atoms with Crippen molar-refractivity contribution in [3.63, 3.8) is 0 Å². The monoisotopic (exact) mass is 264 g/mol. The van der Waals surface area contributed by atoms with Gasteiger partial charge in [0.2, 0.25) is 10.0 Å². The number of hydrogen-bond donors (Lipinski definition) is 1. The van der Waals surface area contributed by atoms with Crippen LogP contribution in [0.4, 0.5) is 0 Å². The molecule has 0 heterocycles. The van der Waals surface area contributed by atoms with Crippen LogP contribution in [0.1, 0.15) is 13.3 Å². The molecule has 0 saturated carbocycles. The lowest BCUT2D eigenvalue weighted by molar-refractivity contribution is -0.137. The summed E-state index contributed by atoms with van der Waals surface area (Å²) in [6, 6.07) is 1.66. The number of ether oxygens (including phenoxy) is 1. The summed E-state index contributed by atoms with van der Waals surface area (Å²) >= 11 is 0. The highest BCUT2D eigenvalue weighted by atomic mass is 32.2. The van der Waals surface area contributed by atoms with Gasteiger partial charge in [0.05, 0.1) is 12.7 Å². The number of nitriles is 1. The first-order valence-corrected chi connectivity index (χ1v) is 6.49. The molecule has 0 bridgehead atoms. The normalized spacial score (nSPS) is 13.3. The molecule has 0 aromatic carbocycles. The smallest absolute Gasteiger partial charge is 0.318 e. The van der Waals surface area contributed by atoms with Gasteiger partial charge < -0.3 is 9.84 Å². The van der Waals surface area contributed by atoms with Crippen molar-refractivity contribution in [1.82, 2.24) is 4.31 Å². The molecule has 1 atom stereocenters. The highest BCUT2D eigenvalue weighted by Gasteiger charge is 2.31. The van der Waals surface area contributed by atoms with E-state index in [0.29, 0.717) is 0 Å². The predicted molar refractivity (Wildman–Crippen MR) is 59.7 cm³/mol. The number of nitrogens with zero attached hydrogens (tertiary/aromatic N) is 2. The van der Waals surface area contributed by atoms with E-state index in [4.69, 9.17) is 15.1 Å². The zero-order chi connectivity index (χ0) is 13.5. The molecular weight excluding hydrogens is 248 g/mol. The average Bonchev–Trinajstić information content (AvgIpc) is 2.24. The summed E-state index contributed by atoms with van der Waals surface area (Å²) in [6.45, 7) is 0.891. The highest BCUT2D eigenvalue weighted by molar-refractivity contribution is 7.90. The van der Waals surface area contributed by atoms with Crippen LogP contribution in [-0.4, -0.2) is 55.9 Å². The van der Waals surface area contributed by atoms with Gasteiger partial charge in [-0.2, -0.15) is 9.57 Å². The molecule has 17 heavy (non-hydrogen) atoms. The van der Waals surface area contributed by atoms with E-state index in [1.165, 1.54) is 7.11 Å². The van der Waals surface area contributed by atoms with Gasteiger partial charge in [-0.3, -0.25) is 4.79 Å². The minimum absolute atomic E-state index is 0.0778. The van der Waals surface area contributed by atoms with Crippen LogP contribution >= 0.6 is 0 Å². The second-order valence-corrected chi connectivity index (χ2v) is 5.41. The highest BCUT2D eigenvalue weighted by Crippen LogP contribution is 2.11. The number of aliphatic carboxylic acids is 1. The second-order valence-electron chi connectivity index (χ2n) is 3.29. The van der Waals surface area contributed by atoms with E-state index in [9.17, 15) is 13.2 Å². The average molecular weight is 264 g/mol. The summed E-state index contributed by atoms with van der Waals surface area (Å²) in [4.78, 5) is 10.6. The molecule has 1 N–H and O–H groups in total. The van der Waals surface area contributed by atoms with Crippen molar-refractivity contribution in [2.75, 3.05) is 26.8 Å². The van der Waals surface area contributed by atoms with E-state index in [1.807, 2.05) is 0 Å². The molecular formula is C9H16N2O5S. The van der Waals surface area contributed by atoms with Gasteiger partial charge in [-0.05, 0) is 6.42 Å². The Balaban J connectivity index is 5.01. The zero-order valence-corrected chi connectivity index (χ0v) is 10.6. The quantitative estimate of drug-likeness (QED) is 0.642. The predicted octanol–water partition coefficient (Wildman–Crippen LogP) is -0.349. The molecule has 0 aliphatic carbocycles. The van der Waals surface area contributed by atoms with E-state index in [-0.39, 0.29) is 19.6 Å². The first kappa shape index (κ1) is 15.8. The molecule has 7 nitrogen and oxygen atoms in total. The zero-order valence-electron chi connectivity index (χ0n) is 9.79. The third-order valence-electron chi connectivity index (χ3n) is 2.09.